The summed E-state index contributed by atoms with van der Waals surface area (Å²) in [6.07, 6.45) is 1.52. The third kappa shape index (κ3) is 6.72. The first-order valence-corrected chi connectivity index (χ1v) is 8.59. The molecule has 2 aromatic rings. The summed E-state index contributed by atoms with van der Waals surface area (Å²) in [5.74, 6) is -2.86. The zero-order valence-electron chi connectivity index (χ0n) is 14.4. The molecule has 0 atom stereocenters. The Bertz CT molecular complexity index is 735. The van der Waals surface area contributed by atoms with Crippen LogP contribution in [-0.2, 0) is 9.63 Å². The molecular formula is C18H19F2N3O2S. The Morgan fingerprint density at radius 1 is 1.19 bits per heavy atom. The highest BCUT2D eigenvalue weighted by Crippen LogP contribution is 2.26. The maximum absolute atomic E-state index is 12.2. The van der Waals surface area contributed by atoms with E-state index >= 15 is 0 Å². The van der Waals surface area contributed by atoms with Crippen LogP contribution in [0.4, 0.5) is 20.2 Å². The molecule has 0 saturated carbocycles. The van der Waals surface area contributed by atoms with E-state index in [1.807, 2.05) is 43.3 Å². The van der Waals surface area contributed by atoms with E-state index in [2.05, 4.69) is 10.5 Å². The fraction of sp³-hybridized carbons (Fsp3) is 0.222. The predicted octanol–water partition coefficient (Wildman–Crippen LogP) is 4.06. The summed E-state index contributed by atoms with van der Waals surface area (Å²) in [6.45, 7) is -0.250. The van der Waals surface area contributed by atoms with Crippen LogP contribution in [0, 0.1) is 0 Å². The average Bonchev–Trinajstić information content (AvgIpc) is 2.60. The molecule has 0 aliphatic rings. The molecule has 2 rings (SSSR count). The van der Waals surface area contributed by atoms with E-state index in [0.717, 1.165) is 11.3 Å². The van der Waals surface area contributed by atoms with Gasteiger partial charge in [0.25, 0.3) is 11.7 Å². The maximum Gasteiger partial charge on any atom is 0.288 e. The fourth-order valence-electron chi connectivity index (χ4n) is 1.97. The number of hydrogen-bond acceptors (Lipinski definition) is 5. The first-order valence-electron chi connectivity index (χ1n) is 7.71. The van der Waals surface area contributed by atoms with Gasteiger partial charge in [0.15, 0.2) is 6.61 Å². The van der Waals surface area contributed by atoms with Crippen molar-refractivity contribution in [1.82, 2.24) is 0 Å². The number of nitrogens with one attached hydrogen (secondary N) is 1. The number of carbonyl (C=O) groups is 1. The van der Waals surface area contributed by atoms with Gasteiger partial charge in [-0.25, -0.2) is 0 Å². The molecule has 138 valence electrons. The Hall–Kier alpha value is -2.61. The largest absolute Gasteiger partial charge is 0.386 e. The number of anilines is 2. The van der Waals surface area contributed by atoms with Crippen molar-refractivity contribution in [1.29, 1.82) is 0 Å². The van der Waals surface area contributed by atoms with Crippen molar-refractivity contribution in [3.8, 4) is 0 Å². The SMILES string of the molecule is CN(C)c1ccc(/C=N/OCC(=O)Nc2ccc(SC(F)F)cc2)cc1. The Morgan fingerprint density at radius 3 is 2.42 bits per heavy atom. The number of alkyl halides is 2. The van der Waals surface area contributed by atoms with Crippen LogP contribution in [0.1, 0.15) is 5.56 Å². The van der Waals surface area contributed by atoms with Crippen molar-refractivity contribution in [2.75, 3.05) is 30.9 Å². The van der Waals surface area contributed by atoms with E-state index in [9.17, 15) is 13.6 Å². The fourth-order valence-corrected chi connectivity index (χ4v) is 2.47. The van der Waals surface area contributed by atoms with Crippen LogP contribution in [-0.4, -0.2) is 38.6 Å². The van der Waals surface area contributed by atoms with Gasteiger partial charge < -0.3 is 15.1 Å². The van der Waals surface area contributed by atoms with Crippen molar-refractivity contribution < 1.29 is 18.4 Å². The van der Waals surface area contributed by atoms with Crippen LogP contribution >= 0.6 is 11.8 Å². The van der Waals surface area contributed by atoms with Crippen LogP contribution in [0.3, 0.4) is 0 Å². The normalized spacial score (nSPS) is 11.0. The molecule has 0 aliphatic heterocycles. The molecule has 1 N–H and O–H groups in total. The Morgan fingerprint density at radius 2 is 1.85 bits per heavy atom. The highest BCUT2D eigenvalue weighted by molar-refractivity contribution is 7.99. The zero-order chi connectivity index (χ0) is 18.9. The highest BCUT2D eigenvalue weighted by Gasteiger charge is 2.06. The van der Waals surface area contributed by atoms with Crippen molar-refractivity contribution >= 4 is 35.3 Å². The van der Waals surface area contributed by atoms with Gasteiger partial charge in [0.2, 0.25) is 0 Å². The molecule has 0 bridgehead atoms. The number of amides is 1. The van der Waals surface area contributed by atoms with E-state index in [1.165, 1.54) is 18.3 Å². The first kappa shape index (κ1) is 19.7. The summed E-state index contributed by atoms with van der Waals surface area (Å²) in [5, 5.41) is 6.36. The van der Waals surface area contributed by atoms with Crippen LogP contribution in [0.25, 0.3) is 0 Å². The van der Waals surface area contributed by atoms with E-state index in [1.54, 1.807) is 12.1 Å². The van der Waals surface area contributed by atoms with Gasteiger partial charge in [-0.15, -0.1) is 0 Å². The van der Waals surface area contributed by atoms with Crippen molar-refractivity contribution in [3.05, 3.63) is 54.1 Å². The minimum Gasteiger partial charge on any atom is -0.386 e. The molecule has 26 heavy (non-hydrogen) atoms. The second-order valence-electron chi connectivity index (χ2n) is 5.44. The number of thioether (sulfide) groups is 1. The summed E-state index contributed by atoms with van der Waals surface area (Å²) in [5.41, 5.74) is 2.42. The quantitative estimate of drug-likeness (QED) is 0.427. The van der Waals surface area contributed by atoms with Crippen LogP contribution < -0.4 is 10.2 Å². The summed E-state index contributed by atoms with van der Waals surface area (Å²) in [6, 6.07) is 13.8. The Labute approximate surface area is 155 Å². The molecule has 0 aliphatic carbocycles. The third-order valence-corrected chi connectivity index (χ3v) is 3.97. The summed E-state index contributed by atoms with van der Waals surface area (Å²) in [7, 11) is 3.91. The number of oxime groups is 1. The smallest absolute Gasteiger partial charge is 0.288 e. The summed E-state index contributed by atoms with van der Waals surface area (Å²) >= 11 is 0.451. The second-order valence-corrected chi connectivity index (χ2v) is 6.51. The van der Waals surface area contributed by atoms with Gasteiger partial charge in [-0.2, -0.15) is 8.78 Å². The minimum absolute atomic E-state index is 0.250. The average molecular weight is 379 g/mol. The lowest BCUT2D eigenvalue weighted by atomic mass is 10.2. The van der Waals surface area contributed by atoms with Crippen LogP contribution in [0.5, 0.6) is 0 Å². The molecule has 0 fully saturated rings. The van der Waals surface area contributed by atoms with E-state index in [0.29, 0.717) is 22.3 Å². The number of halogens is 2. The topological polar surface area (TPSA) is 53.9 Å². The lowest BCUT2D eigenvalue weighted by Gasteiger charge is -2.11. The number of rotatable bonds is 8. The van der Waals surface area contributed by atoms with Gasteiger partial charge in [0, 0.05) is 30.4 Å². The van der Waals surface area contributed by atoms with Gasteiger partial charge >= 0.3 is 0 Å². The Kier molecular flexibility index (Phi) is 7.40. The molecular weight excluding hydrogens is 360 g/mol. The predicted molar refractivity (Wildman–Crippen MR) is 101 cm³/mol. The number of carbonyl (C=O) groups excluding carboxylic acids is 1. The number of hydrogen-bond donors (Lipinski definition) is 1. The molecule has 0 radical (unpaired) electrons. The van der Waals surface area contributed by atoms with Crippen molar-refractivity contribution in [2.24, 2.45) is 5.16 Å². The van der Waals surface area contributed by atoms with E-state index in [4.69, 9.17) is 4.84 Å². The molecule has 0 aromatic heterocycles. The standard InChI is InChI=1S/C18H19F2N3O2S/c1-23(2)15-7-3-13(4-8-15)11-21-25-12-17(24)22-14-5-9-16(10-6-14)26-18(19)20/h3-11,18H,12H2,1-2H3,(H,22,24)/b21-11+. The van der Waals surface area contributed by atoms with E-state index in [-0.39, 0.29) is 12.5 Å². The van der Waals surface area contributed by atoms with Crippen LogP contribution in [0.2, 0.25) is 0 Å². The van der Waals surface area contributed by atoms with Crippen LogP contribution in [0.15, 0.2) is 58.6 Å². The van der Waals surface area contributed by atoms with Gasteiger partial charge in [0.1, 0.15) is 0 Å². The number of benzene rings is 2. The van der Waals surface area contributed by atoms with Crippen molar-refractivity contribution in [2.45, 2.75) is 10.7 Å². The third-order valence-electron chi connectivity index (χ3n) is 3.24. The van der Waals surface area contributed by atoms with Gasteiger partial charge in [0.05, 0.1) is 6.21 Å². The van der Waals surface area contributed by atoms with Gasteiger partial charge in [-0.05, 0) is 42.0 Å². The minimum atomic E-state index is -2.47. The maximum atomic E-state index is 12.2. The molecule has 0 heterocycles. The molecule has 0 unspecified atom stereocenters. The summed E-state index contributed by atoms with van der Waals surface area (Å²) < 4.78 is 24.5. The molecule has 2 aromatic carbocycles. The molecule has 1 amide bonds. The Balaban J connectivity index is 1.76. The molecule has 5 nitrogen and oxygen atoms in total. The van der Waals surface area contributed by atoms with Gasteiger partial charge in [-0.1, -0.05) is 29.1 Å². The number of nitrogens with zero attached hydrogens (tertiary/aromatic N) is 2. The highest BCUT2D eigenvalue weighted by atomic mass is 32.2. The second kappa shape index (κ2) is 9.76. The van der Waals surface area contributed by atoms with Crippen molar-refractivity contribution in [3.63, 3.8) is 0 Å². The van der Waals surface area contributed by atoms with Gasteiger partial charge in [-0.3, -0.25) is 4.79 Å². The summed E-state index contributed by atoms with van der Waals surface area (Å²) in [4.78, 5) is 19.2. The zero-order valence-corrected chi connectivity index (χ0v) is 15.2. The lowest BCUT2D eigenvalue weighted by molar-refractivity contribution is -0.120. The first-order chi connectivity index (χ1) is 12.4. The monoisotopic (exact) mass is 379 g/mol. The van der Waals surface area contributed by atoms with E-state index < -0.39 is 5.76 Å². The molecule has 0 spiro atoms. The molecule has 0 saturated heterocycles. The lowest BCUT2D eigenvalue weighted by Crippen LogP contribution is -2.16. The molecule has 8 heteroatoms.